The summed E-state index contributed by atoms with van der Waals surface area (Å²) in [5, 5.41) is 0. The van der Waals surface area contributed by atoms with E-state index in [0.29, 0.717) is 0 Å². The Hall–Kier alpha value is -1.63. The van der Waals surface area contributed by atoms with Crippen molar-refractivity contribution < 1.29 is 28.6 Å². The second-order valence-electron chi connectivity index (χ2n) is 5.66. The number of carbonyl (C=O) groups excluding carboxylic acids is 3. The molecule has 0 aromatic heterocycles. The van der Waals surface area contributed by atoms with E-state index in [-0.39, 0.29) is 43.2 Å². The van der Waals surface area contributed by atoms with Crippen molar-refractivity contribution in [2.45, 2.75) is 38.3 Å². The lowest BCUT2D eigenvalue weighted by molar-refractivity contribution is -0.155. The summed E-state index contributed by atoms with van der Waals surface area (Å²) in [6, 6.07) is 0. The van der Waals surface area contributed by atoms with Crippen molar-refractivity contribution in [3.05, 3.63) is 0 Å². The molecule has 0 radical (unpaired) electrons. The molecule has 5 atom stereocenters. The van der Waals surface area contributed by atoms with Gasteiger partial charge in [0.15, 0.2) is 0 Å². The number of fused-ring (bicyclic) bond motifs is 1. The minimum absolute atomic E-state index is 0.0811. The Labute approximate surface area is 123 Å². The van der Waals surface area contributed by atoms with E-state index in [1.807, 2.05) is 0 Å². The summed E-state index contributed by atoms with van der Waals surface area (Å²) in [4.78, 5) is 34.8. The van der Waals surface area contributed by atoms with E-state index in [2.05, 4.69) is 4.74 Å². The lowest BCUT2D eigenvalue weighted by atomic mass is 9.90. The Morgan fingerprint density at radius 3 is 2.52 bits per heavy atom. The first kappa shape index (κ1) is 15.8. The van der Waals surface area contributed by atoms with Gasteiger partial charge in [0.05, 0.1) is 13.7 Å². The first-order chi connectivity index (χ1) is 9.85. The Morgan fingerprint density at radius 2 is 2.00 bits per heavy atom. The largest absolute Gasteiger partial charge is 0.469 e. The van der Waals surface area contributed by atoms with Crippen LogP contribution in [-0.2, 0) is 28.6 Å². The van der Waals surface area contributed by atoms with Gasteiger partial charge in [-0.05, 0) is 18.8 Å². The van der Waals surface area contributed by atoms with Gasteiger partial charge in [0.25, 0.3) is 0 Å². The molecule has 2 saturated carbocycles. The van der Waals surface area contributed by atoms with E-state index in [1.54, 1.807) is 6.92 Å². The molecule has 0 saturated heterocycles. The van der Waals surface area contributed by atoms with Crippen molar-refractivity contribution in [1.82, 2.24) is 0 Å². The molecule has 0 spiro atoms. The van der Waals surface area contributed by atoms with Crippen molar-refractivity contribution in [3.63, 3.8) is 0 Å². The monoisotopic (exact) mass is 299 g/mol. The van der Waals surface area contributed by atoms with Crippen LogP contribution in [0.15, 0.2) is 0 Å². The Kier molecular flexibility index (Phi) is 4.22. The van der Waals surface area contributed by atoms with Crippen LogP contribution in [0.5, 0.6) is 0 Å². The molecule has 2 N–H and O–H groups in total. The summed E-state index contributed by atoms with van der Waals surface area (Å²) < 4.78 is 14.9. The first-order valence-corrected chi connectivity index (χ1v) is 7.05. The van der Waals surface area contributed by atoms with Gasteiger partial charge in [0, 0.05) is 25.7 Å². The van der Waals surface area contributed by atoms with Crippen LogP contribution in [0.25, 0.3) is 0 Å². The van der Waals surface area contributed by atoms with Crippen LogP contribution in [0, 0.1) is 17.8 Å². The van der Waals surface area contributed by atoms with E-state index < -0.39 is 23.6 Å². The van der Waals surface area contributed by atoms with E-state index in [1.165, 1.54) is 14.0 Å². The zero-order valence-corrected chi connectivity index (χ0v) is 12.5. The Morgan fingerprint density at radius 1 is 1.33 bits per heavy atom. The third kappa shape index (κ3) is 2.74. The molecular weight excluding hydrogens is 278 g/mol. The molecule has 0 aromatic carbocycles. The SMILES string of the molecule is CCOC(=O)[C@]1(N)C[C@H](OC(C)=O)[C@H]2[C@H](CC(=O)OC)[C@H]21. The minimum atomic E-state index is -1.19. The van der Waals surface area contributed by atoms with Crippen LogP contribution in [-0.4, -0.2) is 43.3 Å². The number of ether oxygens (including phenoxy) is 3. The van der Waals surface area contributed by atoms with Crippen molar-refractivity contribution >= 4 is 17.9 Å². The molecular formula is C14H21NO6. The zero-order valence-electron chi connectivity index (χ0n) is 12.5. The van der Waals surface area contributed by atoms with Gasteiger partial charge in [-0.1, -0.05) is 0 Å². The highest BCUT2D eigenvalue weighted by Crippen LogP contribution is 2.63. The summed E-state index contributed by atoms with van der Waals surface area (Å²) in [5.74, 6) is -1.67. The van der Waals surface area contributed by atoms with E-state index in [4.69, 9.17) is 15.2 Å². The molecule has 2 rings (SSSR count). The predicted octanol–water partition coefficient (Wildman–Crippen LogP) is 0.00770. The molecule has 118 valence electrons. The molecule has 0 amide bonds. The quantitative estimate of drug-likeness (QED) is 0.563. The zero-order chi connectivity index (χ0) is 15.8. The smallest absolute Gasteiger partial charge is 0.326 e. The third-order valence-corrected chi connectivity index (χ3v) is 4.40. The van der Waals surface area contributed by atoms with E-state index in [9.17, 15) is 14.4 Å². The van der Waals surface area contributed by atoms with Gasteiger partial charge in [-0.2, -0.15) is 0 Å². The van der Waals surface area contributed by atoms with Gasteiger partial charge >= 0.3 is 17.9 Å². The maximum absolute atomic E-state index is 12.1. The fourth-order valence-corrected chi connectivity index (χ4v) is 3.60. The fraction of sp³-hybridized carbons (Fsp3) is 0.786. The van der Waals surface area contributed by atoms with Crippen LogP contribution in [0.2, 0.25) is 0 Å². The minimum Gasteiger partial charge on any atom is -0.469 e. The van der Waals surface area contributed by atoms with Crippen molar-refractivity contribution in [2.75, 3.05) is 13.7 Å². The third-order valence-electron chi connectivity index (χ3n) is 4.40. The summed E-state index contributed by atoms with van der Waals surface area (Å²) in [6.07, 6.45) is -0.0445. The highest BCUT2D eigenvalue weighted by molar-refractivity contribution is 5.83. The molecule has 21 heavy (non-hydrogen) atoms. The number of methoxy groups -OCH3 is 1. The number of esters is 3. The number of nitrogens with two attached hydrogens (primary N) is 1. The van der Waals surface area contributed by atoms with Gasteiger partial charge in [-0.15, -0.1) is 0 Å². The molecule has 2 aliphatic rings. The summed E-state index contributed by atoms with van der Waals surface area (Å²) >= 11 is 0. The normalized spacial score (nSPS) is 36.6. The molecule has 0 aromatic rings. The summed E-state index contributed by atoms with van der Waals surface area (Å²) in [6.45, 7) is 3.25. The Balaban J connectivity index is 2.15. The summed E-state index contributed by atoms with van der Waals surface area (Å²) in [7, 11) is 1.31. The van der Waals surface area contributed by atoms with Crippen LogP contribution < -0.4 is 5.73 Å². The summed E-state index contributed by atoms with van der Waals surface area (Å²) in [5.41, 5.74) is 5.03. The van der Waals surface area contributed by atoms with Crippen molar-refractivity contribution in [2.24, 2.45) is 23.5 Å². The topological polar surface area (TPSA) is 105 Å². The van der Waals surface area contributed by atoms with Gasteiger partial charge in [-0.3, -0.25) is 14.4 Å². The van der Waals surface area contributed by atoms with Crippen molar-refractivity contribution in [3.8, 4) is 0 Å². The number of rotatable bonds is 5. The molecule has 7 heteroatoms. The fourth-order valence-electron chi connectivity index (χ4n) is 3.60. The van der Waals surface area contributed by atoms with Crippen LogP contribution in [0.3, 0.4) is 0 Å². The molecule has 0 heterocycles. The highest BCUT2D eigenvalue weighted by atomic mass is 16.5. The second kappa shape index (κ2) is 5.63. The molecule has 0 bridgehead atoms. The lowest BCUT2D eigenvalue weighted by Crippen LogP contribution is -2.51. The number of carbonyl (C=O) groups is 3. The standard InChI is InChI=1S/C14H21NO6/c1-4-20-13(18)14(15)6-9(21-7(2)16)11-8(12(11)14)5-10(17)19-3/h8-9,11-12H,4-6,15H2,1-3H3/t8-,9-,11+,12+,14-/m0/s1. The van der Waals surface area contributed by atoms with E-state index in [0.717, 1.165) is 0 Å². The van der Waals surface area contributed by atoms with Crippen LogP contribution in [0.4, 0.5) is 0 Å². The average Bonchev–Trinajstić information content (AvgIpc) is 3.03. The molecule has 0 unspecified atom stereocenters. The maximum Gasteiger partial charge on any atom is 0.326 e. The van der Waals surface area contributed by atoms with E-state index >= 15 is 0 Å². The molecule has 0 aliphatic heterocycles. The van der Waals surface area contributed by atoms with Gasteiger partial charge in [-0.25, -0.2) is 0 Å². The predicted molar refractivity (Wildman–Crippen MR) is 70.8 cm³/mol. The van der Waals surface area contributed by atoms with Crippen molar-refractivity contribution in [1.29, 1.82) is 0 Å². The highest BCUT2D eigenvalue weighted by Gasteiger charge is 2.72. The number of hydrogen-bond acceptors (Lipinski definition) is 7. The van der Waals surface area contributed by atoms with Gasteiger partial charge < -0.3 is 19.9 Å². The number of hydrogen-bond donors (Lipinski definition) is 1. The molecule has 2 aliphatic carbocycles. The average molecular weight is 299 g/mol. The Bertz CT molecular complexity index is 464. The molecule has 7 nitrogen and oxygen atoms in total. The lowest BCUT2D eigenvalue weighted by Gasteiger charge is -2.27. The second-order valence-corrected chi connectivity index (χ2v) is 5.66. The maximum atomic E-state index is 12.1. The molecule has 2 fully saturated rings. The van der Waals surface area contributed by atoms with Crippen LogP contribution >= 0.6 is 0 Å². The van der Waals surface area contributed by atoms with Gasteiger partial charge in [0.2, 0.25) is 0 Å². The van der Waals surface area contributed by atoms with Gasteiger partial charge in [0.1, 0.15) is 11.6 Å². The van der Waals surface area contributed by atoms with Crippen LogP contribution in [0.1, 0.15) is 26.7 Å². The first-order valence-electron chi connectivity index (χ1n) is 7.05.